The molecule has 102 valence electrons. The molecular weight excluding hydrogens is 284 g/mol. The molecule has 0 radical (unpaired) electrons. The van der Waals surface area contributed by atoms with Crippen molar-refractivity contribution >= 4 is 38.0 Å². The van der Waals surface area contributed by atoms with E-state index >= 15 is 0 Å². The van der Waals surface area contributed by atoms with Crippen molar-refractivity contribution < 1.29 is 8.42 Å². The van der Waals surface area contributed by atoms with E-state index in [1.807, 2.05) is 19.1 Å². The number of pyridine rings is 1. The summed E-state index contributed by atoms with van der Waals surface area (Å²) in [7, 11) is -3.00. The molecule has 0 spiro atoms. The van der Waals surface area contributed by atoms with E-state index in [0.717, 1.165) is 16.6 Å². The van der Waals surface area contributed by atoms with E-state index in [9.17, 15) is 8.42 Å². The quantitative estimate of drug-likeness (QED) is 0.943. The Morgan fingerprint density at radius 1 is 1.37 bits per heavy atom. The van der Waals surface area contributed by atoms with Gasteiger partial charge in [-0.3, -0.25) is 4.98 Å². The molecule has 1 aromatic heterocycles. The minimum Gasteiger partial charge on any atom is -0.381 e. The number of benzene rings is 1. The largest absolute Gasteiger partial charge is 0.381 e. The average molecular weight is 299 g/mol. The van der Waals surface area contributed by atoms with Crippen molar-refractivity contribution in [3.05, 3.63) is 35.5 Å². The molecular formula is C13H15ClN2O2S. The van der Waals surface area contributed by atoms with Gasteiger partial charge in [0.1, 0.15) is 9.84 Å². The highest BCUT2D eigenvalue weighted by Crippen LogP contribution is 2.24. The first kappa shape index (κ1) is 14.1. The molecule has 1 aromatic carbocycles. The Bertz CT molecular complexity index is 701. The molecule has 1 N–H and O–H groups in total. The summed E-state index contributed by atoms with van der Waals surface area (Å²) in [5, 5.41) is 4.75. The van der Waals surface area contributed by atoms with Gasteiger partial charge in [0, 0.05) is 34.6 Å². The third-order valence-corrected chi connectivity index (χ3v) is 4.00. The van der Waals surface area contributed by atoms with Gasteiger partial charge in [0.2, 0.25) is 0 Å². The second kappa shape index (κ2) is 5.35. The van der Waals surface area contributed by atoms with Crippen molar-refractivity contribution in [1.29, 1.82) is 0 Å². The number of halogens is 1. The lowest BCUT2D eigenvalue weighted by Crippen LogP contribution is -2.25. The summed E-state index contributed by atoms with van der Waals surface area (Å²) in [6.45, 7) is 1.84. The SMILES string of the molecule is CC(CS(C)(=O)=O)Nc1ccnc2cc(Cl)ccc12. The third-order valence-electron chi connectivity index (χ3n) is 2.66. The number of fused-ring (bicyclic) bond motifs is 1. The molecule has 0 saturated heterocycles. The molecule has 2 aromatic rings. The molecule has 0 aliphatic heterocycles. The number of sulfone groups is 1. The summed E-state index contributed by atoms with van der Waals surface area (Å²) in [6, 6.07) is 7.10. The number of rotatable bonds is 4. The Morgan fingerprint density at radius 3 is 2.79 bits per heavy atom. The fourth-order valence-electron chi connectivity index (χ4n) is 2.01. The van der Waals surface area contributed by atoms with Crippen molar-refractivity contribution in [2.75, 3.05) is 17.3 Å². The summed E-state index contributed by atoms with van der Waals surface area (Å²) in [4.78, 5) is 4.24. The first-order valence-electron chi connectivity index (χ1n) is 5.84. The minimum atomic E-state index is -3.00. The van der Waals surface area contributed by atoms with E-state index in [1.54, 1.807) is 18.3 Å². The zero-order valence-electron chi connectivity index (χ0n) is 10.7. The Morgan fingerprint density at radius 2 is 2.11 bits per heavy atom. The molecule has 19 heavy (non-hydrogen) atoms. The maximum Gasteiger partial charge on any atom is 0.149 e. The standard InChI is InChI=1S/C13H15ClN2O2S/c1-9(8-19(2,17)18)16-12-5-6-15-13-7-10(14)3-4-11(12)13/h3-7,9H,8H2,1-2H3,(H,15,16). The van der Waals surface area contributed by atoms with E-state index in [4.69, 9.17) is 11.6 Å². The number of hydrogen-bond acceptors (Lipinski definition) is 4. The van der Waals surface area contributed by atoms with Crippen molar-refractivity contribution in [2.24, 2.45) is 0 Å². The van der Waals surface area contributed by atoms with Crippen LogP contribution in [0.4, 0.5) is 5.69 Å². The first-order valence-corrected chi connectivity index (χ1v) is 8.27. The average Bonchev–Trinajstić information content (AvgIpc) is 2.26. The van der Waals surface area contributed by atoms with Gasteiger partial charge in [-0.25, -0.2) is 8.42 Å². The summed E-state index contributed by atoms with van der Waals surface area (Å²) < 4.78 is 22.5. The van der Waals surface area contributed by atoms with Crippen LogP contribution in [0.15, 0.2) is 30.5 Å². The highest BCUT2D eigenvalue weighted by Gasteiger charge is 2.11. The lowest BCUT2D eigenvalue weighted by atomic mass is 10.2. The summed E-state index contributed by atoms with van der Waals surface area (Å²) in [5.41, 5.74) is 1.64. The summed E-state index contributed by atoms with van der Waals surface area (Å²) in [6.07, 6.45) is 2.91. The zero-order valence-corrected chi connectivity index (χ0v) is 12.3. The van der Waals surface area contributed by atoms with E-state index in [2.05, 4.69) is 10.3 Å². The van der Waals surface area contributed by atoms with Gasteiger partial charge in [-0.15, -0.1) is 0 Å². The maximum absolute atomic E-state index is 11.3. The fourth-order valence-corrected chi connectivity index (χ4v) is 3.17. The van der Waals surface area contributed by atoms with Crippen molar-refractivity contribution in [3.8, 4) is 0 Å². The molecule has 0 fully saturated rings. The second-order valence-corrected chi connectivity index (χ2v) is 7.28. The van der Waals surface area contributed by atoms with E-state index < -0.39 is 9.84 Å². The number of aromatic nitrogens is 1. The van der Waals surface area contributed by atoms with Gasteiger partial charge in [0.15, 0.2) is 0 Å². The van der Waals surface area contributed by atoms with Crippen LogP contribution in [-0.2, 0) is 9.84 Å². The van der Waals surface area contributed by atoms with Gasteiger partial charge in [-0.1, -0.05) is 11.6 Å². The summed E-state index contributed by atoms with van der Waals surface area (Å²) in [5.74, 6) is 0.0877. The van der Waals surface area contributed by atoms with E-state index in [0.29, 0.717) is 5.02 Å². The van der Waals surface area contributed by atoms with Crippen LogP contribution in [0, 0.1) is 0 Å². The van der Waals surface area contributed by atoms with Crippen LogP contribution in [0.25, 0.3) is 10.9 Å². The predicted octanol–water partition coefficient (Wildman–Crippen LogP) is 2.73. The number of nitrogens with one attached hydrogen (secondary N) is 1. The van der Waals surface area contributed by atoms with Crippen LogP contribution in [0.5, 0.6) is 0 Å². The molecule has 0 amide bonds. The first-order chi connectivity index (χ1) is 8.85. The monoisotopic (exact) mass is 298 g/mol. The van der Waals surface area contributed by atoms with Gasteiger partial charge < -0.3 is 5.32 Å². The molecule has 4 nitrogen and oxygen atoms in total. The molecule has 2 rings (SSSR count). The smallest absolute Gasteiger partial charge is 0.149 e. The van der Waals surface area contributed by atoms with E-state index in [1.165, 1.54) is 6.26 Å². The lowest BCUT2D eigenvalue weighted by Gasteiger charge is -2.15. The van der Waals surface area contributed by atoms with Crippen molar-refractivity contribution in [3.63, 3.8) is 0 Å². The Labute approximate surface area is 117 Å². The topological polar surface area (TPSA) is 59.1 Å². The number of nitrogens with zero attached hydrogens (tertiary/aromatic N) is 1. The Kier molecular flexibility index (Phi) is 3.96. The van der Waals surface area contributed by atoms with Crippen LogP contribution < -0.4 is 5.32 Å². The zero-order chi connectivity index (χ0) is 14.0. The van der Waals surface area contributed by atoms with E-state index in [-0.39, 0.29) is 11.8 Å². The van der Waals surface area contributed by atoms with Crippen LogP contribution in [-0.4, -0.2) is 31.5 Å². The Hall–Kier alpha value is -1.33. The van der Waals surface area contributed by atoms with Gasteiger partial charge in [0.25, 0.3) is 0 Å². The van der Waals surface area contributed by atoms with Crippen LogP contribution >= 0.6 is 11.6 Å². The van der Waals surface area contributed by atoms with Crippen LogP contribution in [0.3, 0.4) is 0 Å². The van der Waals surface area contributed by atoms with Crippen molar-refractivity contribution in [2.45, 2.75) is 13.0 Å². The second-order valence-electron chi connectivity index (χ2n) is 4.66. The number of hydrogen-bond donors (Lipinski definition) is 1. The molecule has 0 saturated carbocycles. The van der Waals surface area contributed by atoms with Gasteiger partial charge in [0.05, 0.1) is 11.3 Å². The Balaban J connectivity index is 2.30. The fraction of sp³-hybridized carbons (Fsp3) is 0.308. The minimum absolute atomic E-state index is 0.0877. The molecule has 0 aliphatic carbocycles. The molecule has 0 bridgehead atoms. The lowest BCUT2D eigenvalue weighted by molar-refractivity contribution is 0.598. The van der Waals surface area contributed by atoms with Crippen LogP contribution in [0.1, 0.15) is 6.92 Å². The van der Waals surface area contributed by atoms with Gasteiger partial charge >= 0.3 is 0 Å². The molecule has 1 heterocycles. The van der Waals surface area contributed by atoms with Crippen molar-refractivity contribution in [1.82, 2.24) is 4.98 Å². The van der Waals surface area contributed by atoms with Gasteiger partial charge in [-0.2, -0.15) is 0 Å². The van der Waals surface area contributed by atoms with Crippen LogP contribution in [0.2, 0.25) is 5.02 Å². The number of anilines is 1. The highest BCUT2D eigenvalue weighted by molar-refractivity contribution is 7.90. The molecule has 6 heteroatoms. The third kappa shape index (κ3) is 3.81. The summed E-state index contributed by atoms with van der Waals surface area (Å²) >= 11 is 5.92. The maximum atomic E-state index is 11.3. The molecule has 1 atom stereocenters. The highest BCUT2D eigenvalue weighted by atomic mass is 35.5. The normalized spacial score (nSPS) is 13.4. The molecule has 0 aliphatic rings. The van der Waals surface area contributed by atoms with Gasteiger partial charge in [-0.05, 0) is 31.2 Å². The predicted molar refractivity (Wildman–Crippen MR) is 79.5 cm³/mol. The molecule has 1 unspecified atom stereocenters.